The van der Waals surface area contributed by atoms with E-state index >= 15 is 0 Å². The Morgan fingerprint density at radius 3 is 2.74 bits per heavy atom. The van der Waals surface area contributed by atoms with Gasteiger partial charge < -0.3 is 25.7 Å². The van der Waals surface area contributed by atoms with Crippen LogP contribution in [0.15, 0.2) is 29.0 Å². The van der Waals surface area contributed by atoms with E-state index < -0.39 is 0 Å². The highest BCUT2D eigenvalue weighted by molar-refractivity contribution is 5.97. The zero-order valence-corrected chi connectivity index (χ0v) is 14.9. The number of nitrogens with one attached hydrogen (secondary N) is 4. The van der Waals surface area contributed by atoms with Gasteiger partial charge in [-0.15, -0.1) is 5.10 Å². The topological polar surface area (TPSA) is 126 Å². The number of carbonyl (C=O) groups is 2. The van der Waals surface area contributed by atoms with Crippen molar-refractivity contribution >= 4 is 34.7 Å². The van der Waals surface area contributed by atoms with Crippen molar-refractivity contribution in [3.63, 3.8) is 0 Å². The third kappa shape index (κ3) is 3.16. The monoisotopic (exact) mass is 369 g/mol. The van der Waals surface area contributed by atoms with Crippen molar-refractivity contribution < 1.29 is 14.0 Å². The van der Waals surface area contributed by atoms with Crippen LogP contribution in [0, 0.1) is 0 Å². The fourth-order valence-electron chi connectivity index (χ4n) is 2.69. The summed E-state index contributed by atoms with van der Waals surface area (Å²) in [7, 11) is 3.28. The van der Waals surface area contributed by atoms with Gasteiger partial charge in [0.1, 0.15) is 0 Å². The summed E-state index contributed by atoms with van der Waals surface area (Å²) in [6.07, 6.45) is 4.90. The molecule has 0 unspecified atom stereocenters. The molecular weight excluding hydrogens is 350 g/mol. The van der Waals surface area contributed by atoms with Crippen molar-refractivity contribution in [1.29, 1.82) is 0 Å². The van der Waals surface area contributed by atoms with Crippen molar-refractivity contribution in [3.05, 3.63) is 36.0 Å². The molecule has 1 fully saturated rings. The number of hydrogen-bond acceptors (Lipinski definition) is 7. The molecule has 1 aliphatic rings. The van der Waals surface area contributed by atoms with Crippen molar-refractivity contribution in [2.45, 2.75) is 18.9 Å². The Balaban J connectivity index is 1.72. The molecule has 0 bridgehead atoms. The van der Waals surface area contributed by atoms with Crippen LogP contribution in [-0.4, -0.2) is 46.5 Å². The zero-order valence-electron chi connectivity index (χ0n) is 14.9. The van der Waals surface area contributed by atoms with E-state index in [0.29, 0.717) is 28.5 Å². The third-order valence-electron chi connectivity index (χ3n) is 4.24. The van der Waals surface area contributed by atoms with E-state index in [1.165, 1.54) is 24.0 Å². The van der Waals surface area contributed by atoms with E-state index in [-0.39, 0.29) is 23.6 Å². The van der Waals surface area contributed by atoms with Gasteiger partial charge in [-0.05, 0) is 12.8 Å². The Morgan fingerprint density at radius 1 is 1.22 bits per heavy atom. The maximum Gasteiger partial charge on any atom is 0.288 e. The molecule has 10 heteroatoms. The van der Waals surface area contributed by atoms with Gasteiger partial charge in [-0.2, -0.15) is 0 Å². The second kappa shape index (κ2) is 6.63. The molecule has 10 nitrogen and oxygen atoms in total. The van der Waals surface area contributed by atoms with Crippen LogP contribution < -0.4 is 21.3 Å². The van der Waals surface area contributed by atoms with Gasteiger partial charge >= 0.3 is 0 Å². The molecule has 0 aliphatic heterocycles. The second-order valence-corrected chi connectivity index (χ2v) is 6.19. The predicted molar refractivity (Wildman–Crippen MR) is 98.4 cm³/mol. The van der Waals surface area contributed by atoms with Gasteiger partial charge in [0.05, 0.1) is 23.8 Å². The standard InChI is InChI=1S/C17H19N7O3/c1-18-11-7-13(22-10-5-6-27-14(10)17(26)19-2)23-24-12(8-20-15(11)24)16(25)21-9-3-4-9/h5-9,18H,3-4H2,1-2H3,(H,19,26)(H,21,25)(H,22,23). The van der Waals surface area contributed by atoms with E-state index in [2.05, 4.69) is 31.3 Å². The quantitative estimate of drug-likeness (QED) is 0.517. The minimum atomic E-state index is -0.357. The smallest absolute Gasteiger partial charge is 0.288 e. The van der Waals surface area contributed by atoms with Gasteiger partial charge in [0, 0.05) is 32.3 Å². The predicted octanol–water partition coefficient (Wildman–Crippen LogP) is 1.36. The lowest BCUT2D eigenvalue weighted by Crippen LogP contribution is -2.27. The van der Waals surface area contributed by atoms with Crippen LogP contribution in [0.1, 0.15) is 33.9 Å². The molecular formula is C17H19N7O3. The molecule has 1 aliphatic carbocycles. The molecule has 27 heavy (non-hydrogen) atoms. The highest BCUT2D eigenvalue weighted by Gasteiger charge is 2.26. The highest BCUT2D eigenvalue weighted by Crippen LogP contribution is 2.25. The number of carbonyl (C=O) groups excluding carboxylic acids is 2. The Bertz CT molecular complexity index is 1020. The number of aromatic nitrogens is 3. The third-order valence-corrected chi connectivity index (χ3v) is 4.24. The molecule has 0 spiro atoms. The van der Waals surface area contributed by atoms with Crippen LogP contribution in [0.3, 0.4) is 0 Å². The summed E-state index contributed by atoms with van der Waals surface area (Å²) in [5.74, 6) is -0.00442. The maximum atomic E-state index is 12.5. The van der Waals surface area contributed by atoms with E-state index in [9.17, 15) is 9.59 Å². The first kappa shape index (κ1) is 16.9. The molecule has 3 heterocycles. The summed E-state index contributed by atoms with van der Waals surface area (Å²) in [4.78, 5) is 28.6. The van der Waals surface area contributed by atoms with Gasteiger partial charge in [-0.25, -0.2) is 9.50 Å². The van der Waals surface area contributed by atoms with Crippen LogP contribution in [0.5, 0.6) is 0 Å². The number of hydrogen-bond donors (Lipinski definition) is 4. The Hall–Kier alpha value is -3.56. The van der Waals surface area contributed by atoms with E-state index in [4.69, 9.17) is 4.42 Å². The number of fused-ring (bicyclic) bond motifs is 1. The summed E-state index contributed by atoms with van der Waals surface area (Å²) in [5.41, 5.74) is 2.02. The fourth-order valence-corrected chi connectivity index (χ4v) is 2.69. The molecule has 0 radical (unpaired) electrons. The van der Waals surface area contributed by atoms with E-state index in [1.807, 2.05) is 0 Å². The first-order valence-electron chi connectivity index (χ1n) is 8.54. The number of furan rings is 1. The maximum absolute atomic E-state index is 12.5. The minimum Gasteiger partial charge on any atom is -0.457 e. The van der Waals surface area contributed by atoms with E-state index in [1.54, 1.807) is 19.2 Å². The van der Waals surface area contributed by atoms with Gasteiger partial charge in [0.2, 0.25) is 5.76 Å². The van der Waals surface area contributed by atoms with Crippen molar-refractivity contribution in [2.24, 2.45) is 0 Å². The Morgan fingerprint density at radius 2 is 2.04 bits per heavy atom. The normalized spacial score (nSPS) is 13.4. The first-order valence-corrected chi connectivity index (χ1v) is 8.54. The Labute approximate surface area is 154 Å². The van der Waals surface area contributed by atoms with Gasteiger partial charge in [-0.1, -0.05) is 0 Å². The van der Waals surface area contributed by atoms with Gasteiger partial charge in [0.15, 0.2) is 17.2 Å². The van der Waals surface area contributed by atoms with Gasteiger partial charge in [-0.3, -0.25) is 9.59 Å². The lowest BCUT2D eigenvalue weighted by molar-refractivity contribution is 0.0932. The van der Waals surface area contributed by atoms with Crippen LogP contribution in [0.25, 0.3) is 5.65 Å². The average molecular weight is 369 g/mol. The minimum absolute atomic E-state index is 0.141. The van der Waals surface area contributed by atoms with Crippen LogP contribution in [-0.2, 0) is 0 Å². The summed E-state index contributed by atoms with van der Waals surface area (Å²) in [6, 6.07) is 3.60. The number of amides is 2. The fraction of sp³-hybridized carbons (Fsp3) is 0.294. The van der Waals surface area contributed by atoms with Crippen LogP contribution in [0.4, 0.5) is 17.2 Å². The van der Waals surface area contributed by atoms with Crippen molar-refractivity contribution in [2.75, 3.05) is 24.7 Å². The lowest BCUT2D eigenvalue weighted by atomic mass is 10.3. The summed E-state index contributed by atoms with van der Waals surface area (Å²) in [5, 5.41) is 16.0. The number of imidazole rings is 1. The van der Waals surface area contributed by atoms with E-state index in [0.717, 1.165) is 12.8 Å². The summed E-state index contributed by atoms with van der Waals surface area (Å²) >= 11 is 0. The second-order valence-electron chi connectivity index (χ2n) is 6.19. The summed E-state index contributed by atoms with van der Waals surface area (Å²) in [6.45, 7) is 0. The largest absolute Gasteiger partial charge is 0.457 e. The summed E-state index contributed by atoms with van der Waals surface area (Å²) < 4.78 is 6.71. The molecule has 1 saturated carbocycles. The Kier molecular flexibility index (Phi) is 4.15. The zero-order chi connectivity index (χ0) is 19.0. The molecule has 2 amide bonds. The van der Waals surface area contributed by atoms with Crippen LogP contribution >= 0.6 is 0 Å². The molecule has 3 aromatic rings. The highest BCUT2D eigenvalue weighted by atomic mass is 16.3. The molecule has 140 valence electrons. The van der Waals surface area contributed by atoms with Crippen molar-refractivity contribution in [3.8, 4) is 0 Å². The lowest BCUT2D eigenvalue weighted by Gasteiger charge is -2.10. The molecule has 3 aromatic heterocycles. The van der Waals surface area contributed by atoms with Crippen molar-refractivity contribution in [1.82, 2.24) is 25.2 Å². The SMILES string of the molecule is CNC(=O)c1occc1Nc1cc(NC)c2ncc(C(=O)NC3CC3)n2n1. The molecule has 0 atom stereocenters. The average Bonchev–Trinajstić information content (AvgIpc) is 3.19. The number of rotatable bonds is 6. The van der Waals surface area contributed by atoms with Gasteiger partial charge in [0.25, 0.3) is 11.8 Å². The molecule has 4 N–H and O–H groups in total. The molecule has 0 saturated heterocycles. The molecule has 0 aromatic carbocycles. The molecule has 4 rings (SSSR count). The number of nitrogens with zero attached hydrogens (tertiary/aromatic N) is 3. The first-order chi connectivity index (χ1) is 13.1. The van der Waals surface area contributed by atoms with Crippen LogP contribution in [0.2, 0.25) is 0 Å². The number of anilines is 3.